The van der Waals surface area contributed by atoms with Gasteiger partial charge in [0.15, 0.2) is 6.61 Å². The number of likely N-dealkylation sites (tertiary alicyclic amines) is 1. The minimum atomic E-state index is -3.56. The van der Waals surface area contributed by atoms with Crippen LogP contribution in [-0.2, 0) is 14.8 Å². The maximum atomic E-state index is 12.6. The molecule has 2 aromatic rings. The molecule has 0 spiro atoms. The zero-order valence-corrected chi connectivity index (χ0v) is 17.8. The van der Waals surface area contributed by atoms with E-state index in [0.29, 0.717) is 21.7 Å². The molecule has 8 heteroatoms. The van der Waals surface area contributed by atoms with E-state index in [2.05, 4.69) is 6.92 Å². The number of rotatable bonds is 7. The molecular formula is C20H26N2O4S2. The maximum Gasteiger partial charge on any atom is 0.273 e. The van der Waals surface area contributed by atoms with Gasteiger partial charge in [-0.2, -0.15) is 0 Å². The van der Waals surface area contributed by atoms with Crippen LogP contribution in [0.25, 0.3) is 0 Å². The van der Waals surface area contributed by atoms with Crippen molar-refractivity contribution in [3.05, 3.63) is 41.8 Å². The highest BCUT2D eigenvalue weighted by molar-refractivity contribution is 7.94. The van der Waals surface area contributed by atoms with Gasteiger partial charge in [0.2, 0.25) is 0 Å². The first-order valence-electron chi connectivity index (χ1n) is 9.48. The summed E-state index contributed by atoms with van der Waals surface area (Å²) in [6.07, 6.45) is 4.24. The molecule has 0 bridgehead atoms. The summed E-state index contributed by atoms with van der Waals surface area (Å²) < 4.78 is 32.4. The molecular weight excluding hydrogens is 396 g/mol. The average molecular weight is 423 g/mol. The Labute approximate surface area is 170 Å². The molecule has 28 heavy (non-hydrogen) atoms. The SMILES string of the molecule is CCC1CCCCN1C(=O)COc1ccc(N(C)S(=O)(=O)c2cccs2)cc1. The highest BCUT2D eigenvalue weighted by Gasteiger charge is 2.25. The summed E-state index contributed by atoms with van der Waals surface area (Å²) in [6.45, 7) is 2.90. The second kappa shape index (κ2) is 8.96. The van der Waals surface area contributed by atoms with Crippen LogP contribution in [0.5, 0.6) is 5.75 Å². The molecule has 1 aromatic carbocycles. The number of amides is 1. The molecule has 0 radical (unpaired) electrons. The molecule has 0 N–H and O–H groups in total. The summed E-state index contributed by atoms with van der Waals surface area (Å²) in [5, 5.41) is 1.74. The van der Waals surface area contributed by atoms with Gasteiger partial charge in [-0.25, -0.2) is 8.42 Å². The lowest BCUT2D eigenvalue weighted by atomic mass is 10.00. The third-order valence-electron chi connectivity index (χ3n) is 5.09. The van der Waals surface area contributed by atoms with Gasteiger partial charge in [0, 0.05) is 19.6 Å². The predicted octanol–water partition coefficient (Wildman–Crippen LogP) is 3.74. The quantitative estimate of drug-likeness (QED) is 0.682. The van der Waals surface area contributed by atoms with Gasteiger partial charge in [-0.05, 0) is 61.4 Å². The van der Waals surface area contributed by atoms with Crippen LogP contribution in [0.4, 0.5) is 5.69 Å². The van der Waals surface area contributed by atoms with Gasteiger partial charge in [0.25, 0.3) is 15.9 Å². The van der Waals surface area contributed by atoms with Crippen molar-refractivity contribution in [2.75, 3.05) is 24.5 Å². The lowest BCUT2D eigenvalue weighted by Crippen LogP contribution is -2.45. The number of thiophene rings is 1. The summed E-state index contributed by atoms with van der Waals surface area (Å²) in [6, 6.07) is 10.4. The fraction of sp³-hybridized carbons (Fsp3) is 0.450. The minimum Gasteiger partial charge on any atom is -0.484 e. The monoisotopic (exact) mass is 422 g/mol. The van der Waals surface area contributed by atoms with Crippen LogP contribution in [0.3, 0.4) is 0 Å². The number of piperidine rings is 1. The number of hydrogen-bond donors (Lipinski definition) is 0. The topological polar surface area (TPSA) is 66.9 Å². The van der Waals surface area contributed by atoms with E-state index < -0.39 is 10.0 Å². The molecule has 1 amide bonds. The fourth-order valence-corrected chi connectivity index (χ4v) is 5.77. The Balaban J connectivity index is 1.61. The molecule has 1 saturated heterocycles. The Kier molecular flexibility index (Phi) is 6.61. The Morgan fingerprint density at radius 3 is 2.64 bits per heavy atom. The zero-order valence-electron chi connectivity index (χ0n) is 16.2. The van der Waals surface area contributed by atoms with Gasteiger partial charge in [-0.1, -0.05) is 13.0 Å². The van der Waals surface area contributed by atoms with Crippen LogP contribution in [0.15, 0.2) is 46.0 Å². The first-order chi connectivity index (χ1) is 13.4. The molecule has 152 valence electrons. The van der Waals surface area contributed by atoms with Crippen molar-refractivity contribution in [3.63, 3.8) is 0 Å². The van der Waals surface area contributed by atoms with E-state index in [1.54, 1.807) is 41.8 Å². The zero-order chi connectivity index (χ0) is 20.1. The van der Waals surface area contributed by atoms with E-state index in [0.717, 1.165) is 25.8 Å². The molecule has 1 aliphatic rings. The van der Waals surface area contributed by atoms with E-state index in [9.17, 15) is 13.2 Å². The van der Waals surface area contributed by atoms with Crippen LogP contribution < -0.4 is 9.04 Å². The van der Waals surface area contributed by atoms with Crippen LogP contribution in [0, 0.1) is 0 Å². The summed E-state index contributed by atoms with van der Waals surface area (Å²) in [5.74, 6) is 0.553. The van der Waals surface area contributed by atoms with Crippen molar-refractivity contribution in [3.8, 4) is 5.75 Å². The second-order valence-corrected chi connectivity index (χ2v) is 9.98. The van der Waals surface area contributed by atoms with Crippen LogP contribution in [0.2, 0.25) is 0 Å². The van der Waals surface area contributed by atoms with E-state index in [4.69, 9.17) is 4.74 Å². The Bertz CT molecular complexity index is 879. The van der Waals surface area contributed by atoms with Gasteiger partial charge in [-0.15, -0.1) is 11.3 Å². The molecule has 0 saturated carbocycles. The highest BCUT2D eigenvalue weighted by Crippen LogP contribution is 2.27. The lowest BCUT2D eigenvalue weighted by Gasteiger charge is -2.35. The number of ether oxygens (including phenoxy) is 1. The van der Waals surface area contributed by atoms with Gasteiger partial charge >= 0.3 is 0 Å². The Morgan fingerprint density at radius 1 is 1.25 bits per heavy atom. The number of carbonyl (C=O) groups excluding carboxylic acids is 1. The lowest BCUT2D eigenvalue weighted by molar-refractivity contribution is -0.137. The standard InChI is InChI=1S/C20H26N2O4S2/c1-3-16-7-4-5-13-22(16)19(23)15-26-18-11-9-17(10-12-18)21(2)28(24,25)20-8-6-14-27-20/h6,8-12,14,16H,3-5,7,13,15H2,1-2H3. The third-order valence-corrected chi connectivity index (χ3v) is 8.25. The van der Waals surface area contributed by atoms with E-state index >= 15 is 0 Å². The number of anilines is 1. The number of hydrogen-bond acceptors (Lipinski definition) is 5. The smallest absolute Gasteiger partial charge is 0.273 e. The molecule has 0 aliphatic carbocycles. The predicted molar refractivity (Wildman–Crippen MR) is 111 cm³/mol. The Hall–Kier alpha value is -2.06. The second-order valence-electron chi connectivity index (χ2n) is 6.83. The van der Waals surface area contributed by atoms with Crippen molar-refractivity contribution in [2.24, 2.45) is 0 Å². The van der Waals surface area contributed by atoms with Crippen molar-refractivity contribution >= 4 is 33.0 Å². The molecule has 6 nitrogen and oxygen atoms in total. The summed E-state index contributed by atoms with van der Waals surface area (Å²) in [7, 11) is -2.04. The molecule has 1 fully saturated rings. The average Bonchev–Trinajstić information content (AvgIpc) is 3.27. The van der Waals surface area contributed by atoms with Gasteiger partial charge in [0.05, 0.1) is 5.69 Å². The fourth-order valence-electron chi connectivity index (χ4n) is 3.42. The number of carbonyl (C=O) groups is 1. The van der Waals surface area contributed by atoms with Crippen LogP contribution in [0.1, 0.15) is 32.6 Å². The molecule has 1 atom stereocenters. The summed E-state index contributed by atoms with van der Waals surface area (Å²) >= 11 is 1.19. The normalized spacial score (nSPS) is 17.4. The van der Waals surface area contributed by atoms with Crippen molar-refractivity contribution in [2.45, 2.75) is 42.9 Å². The van der Waals surface area contributed by atoms with Crippen LogP contribution >= 0.6 is 11.3 Å². The highest BCUT2D eigenvalue weighted by atomic mass is 32.2. The number of benzene rings is 1. The molecule has 1 unspecified atom stereocenters. The molecule has 3 rings (SSSR count). The van der Waals surface area contributed by atoms with Gasteiger partial charge in [-0.3, -0.25) is 9.10 Å². The summed E-state index contributed by atoms with van der Waals surface area (Å²) in [5.41, 5.74) is 0.536. The first kappa shape index (κ1) is 20.7. The van der Waals surface area contributed by atoms with Gasteiger partial charge < -0.3 is 9.64 Å². The maximum absolute atomic E-state index is 12.6. The van der Waals surface area contributed by atoms with E-state index in [-0.39, 0.29) is 12.5 Å². The van der Waals surface area contributed by atoms with Crippen molar-refractivity contribution in [1.29, 1.82) is 0 Å². The molecule has 1 aliphatic heterocycles. The van der Waals surface area contributed by atoms with Gasteiger partial charge in [0.1, 0.15) is 9.96 Å². The number of nitrogens with zero attached hydrogens (tertiary/aromatic N) is 2. The largest absolute Gasteiger partial charge is 0.484 e. The van der Waals surface area contributed by atoms with Crippen molar-refractivity contribution < 1.29 is 17.9 Å². The minimum absolute atomic E-state index is 0.000814. The van der Waals surface area contributed by atoms with Crippen LogP contribution in [-0.4, -0.2) is 45.5 Å². The Morgan fingerprint density at radius 2 is 2.00 bits per heavy atom. The summed E-state index contributed by atoms with van der Waals surface area (Å²) in [4.78, 5) is 14.4. The first-order valence-corrected chi connectivity index (χ1v) is 11.8. The molecule has 2 heterocycles. The third kappa shape index (κ3) is 4.50. The van der Waals surface area contributed by atoms with Crippen molar-refractivity contribution in [1.82, 2.24) is 4.90 Å². The molecule has 1 aromatic heterocycles. The van der Waals surface area contributed by atoms with E-state index in [1.165, 1.54) is 29.1 Å². The number of sulfonamides is 1. The van der Waals surface area contributed by atoms with E-state index in [1.807, 2.05) is 4.90 Å².